The number of hydrogen-bond donors (Lipinski definition) is 2. The number of halogens is 1. The van der Waals surface area contributed by atoms with Gasteiger partial charge in [-0.3, -0.25) is 4.79 Å². The molecule has 7 heteroatoms. The maximum absolute atomic E-state index is 14.5. The van der Waals surface area contributed by atoms with Crippen LogP contribution in [0.5, 0.6) is 0 Å². The number of rotatable bonds is 3. The summed E-state index contributed by atoms with van der Waals surface area (Å²) in [6.45, 7) is 1.48. The van der Waals surface area contributed by atoms with Crippen molar-refractivity contribution in [3.63, 3.8) is 0 Å². The Morgan fingerprint density at radius 3 is 2.74 bits per heavy atom. The third-order valence-electron chi connectivity index (χ3n) is 4.42. The van der Waals surface area contributed by atoms with Crippen molar-refractivity contribution >= 4 is 22.6 Å². The van der Waals surface area contributed by atoms with Gasteiger partial charge in [-0.05, 0) is 31.4 Å². The molecular weight excluding hydrogens is 301 g/mol. The molecule has 0 bridgehead atoms. The molecule has 23 heavy (non-hydrogen) atoms. The molecule has 2 N–H and O–H groups in total. The Morgan fingerprint density at radius 1 is 1.35 bits per heavy atom. The predicted octanol–water partition coefficient (Wildman–Crippen LogP) is 1.89. The molecule has 120 valence electrons. The quantitative estimate of drug-likeness (QED) is 0.904. The molecule has 0 unspecified atom stereocenters. The van der Waals surface area contributed by atoms with Gasteiger partial charge in [0.15, 0.2) is 0 Å². The molecule has 2 aromatic rings. The monoisotopic (exact) mass is 317 g/mol. The first-order valence-corrected chi connectivity index (χ1v) is 7.69. The van der Waals surface area contributed by atoms with E-state index in [2.05, 4.69) is 5.43 Å². The highest BCUT2D eigenvalue weighted by Gasteiger charge is 2.28. The van der Waals surface area contributed by atoms with Gasteiger partial charge in [0.1, 0.15) is 11.4 Å². The molecule has 0 atom stereocenters. The summed E-state index contributed by atoms with van der Waals surface area (Å²) in [5.74, 6) is -1.80. The van der Waals surface area contributed by atoms with E-state index in [4.69, 9.17) is 0 Å². The Morgan fingerprint density at radius 2 is 2.13 bits per heavy atom. The van der Waals surface area contributed by atoms with Crippen molar-refractivity contribution in [3.8, 4) is 0 Å². The van der Waals surface area contributed by atoms with E-state index in [-0.39, 0.29) is 17.0 Å². The summed E-state index contributed by atoms with van der Waals surface area (Å²) >= 11 is 0. The Labute approximate surface area is 131 Å². The van der Waals surface area contributed by atoms with Crippen molar-refractivity contribution in [1.82, 2.24) is 9.99 Å². The number of carboxylic acids is 1. The first-order valence-electron chi connectivity index (χ1n) is 7.69. The number of nitrogens with one attached hydrogen (secondary N) is 1. The molecule has 1 aliphatic heterocycles. The van der Waals surface area contributed by atoms with Crippen LogP contribution in [0.15, 0.2) is 23.1 Å². The Bertz CT molecular complexity index is 867. The lowest BCUT2D eigenvalue weighted by Gasteiger charge is -2.20. The minimum absolute atomic E-state index is 0.122. The van der Waals surface area contributed by atoms with Crippen molar-refractivity contribution in [3.05, 3.63) is 39.9 Å². The van der Waals surface area contributed by atoms with Gasteiger partial charge in [0.05, 0.1) is 11.2 Å². The topological polar surface area (TPSA) is 74.6 Å². The average molecular weight is 317 g/mol. The van der Waals surface area contributed by atoms with Crippen LogP contribution in [0.1, 0.15) is 35.7 Å². The van der Waals surface area contributed by atoms with Crippen LogP contribution in [0.4, 0.5) is 10.1 Å². The Kier molecular flexibility index (Phi) is 3.12. The zero-order valence-electron chi connectivity index (χ0n) is 12.4. The van der Waals surface area contributed by atoms with Crippen LogP contribution in [0.3, 0.4) is 0 Å². The number of pyridine rings is 1. The van der Waals surface area contributed by atoms with Gasteiger partial charge in [-0.15, -0.1) is 0 Å². The molecule has 1 aromatic carbocycles. The molecule has 2 heterocycles. The second kappa shape index (κ2) is 5.06. The maximum Gasteiger partial charge on any atom is 0.341 e. The van der Waals surface area contributed by atoms with Crippen LogP contribution >= 0.6 is 0 Å². The number of nitrogens with zero attached hydrogens (tertiary/aromatic N) is 2. The fourth-order valence-electron chi connectivity index (χ4n) is 3.11. The van der Waals surface area contributed by atoms with Gasteiger partial charge in [-0.1, -0.05) is 0 Å². The van der Waals surface area contributed by atoms with E-state index in [1.165, 1.54) is 12.3 Å². The molecule has 1 aliphatic carbocycles. The van der Waals surface area contributed by atoms with E-state index in [1.54, 1.807) is 15.6 Å². The molecular formula is C16H16FN3O3. The van der Waals surface area contributed by atoms with Crippen LogP contribution in [0.2, 0.25) is 0 Å². The van der Waals surface area contributed by atoms with Crippen molar-refractivity contribution in [1.29, 1.82) is 0 Å². The molecule has 1 aromatic heterocycles. The molecule has 2 fully saturated rings. The number of fused-ring (bicyclic) bond motifs is 1. The van der Waals surface area contributed by atoms with Crippen LogP contribution < -0.4 is 15.9 Å². The zero-order valence-corrected chi connectivity index (χ0v) is 12.4. The number of carboxylic acid groups (broad SMARTS) is 1. The van der Waals surface area contributed by atoms with Crippen LogP contribution in [0, 0.1) is 5.82 Å². The Balaban J connectivity index is 2.00. The van der Waals surface area contributed by atoms with Crippen molar-refractivity contribution in [2.75, 3.05) is 18.1 Å². The Hall–Kier alpha value is -2.41. The molecule has 1 saturated carbocycles. The number of benzene rings is 1. The largest absolute Gasteiger partial charge is 0.477 e. The average Bonchev–Trinajstić information content (AvgIpc) is 3.21. The summed E-state index contributed by atoms with van der Waals surface area (Å²) < 4.78 is 16.3. The summed E-state index contributed by atoms with van der Waals surface area (Å²) in [6.07, 6.45) is 4.19. The lowest BCUT2D eigenvalue weighted by Crippen LogP contribution is -2.31. The highest BCUT2D eigenvalue weighted by Crippen LogP contribution is 2.38. The third kappa shape index (κ3) is 2.28. The predicted molar refractivity (Wildman–Crippen MR) is 83.4 cm³/mol. The molecule has 1 saturated heterocycles. The summed E-state index contributed by atoms with van der Waals surface area (Å²) in [6, 6.07) is 2.99. The summed E-state index contributed by atoms with van der Waals surface area (Å²) in [7, 11) is 0. The lowest BCUT2D eigenvalue weighted by atomic mass is 10.1. The van der Waals surface area contributed by atoms with E-state index in [1.807, 2.05) is 0 Å². The maximum atomic E-state index is 14.5. The van der Waals surface area contributed by atoms with E-state index in [0.717, 1.165) is 25.8 Å². The highest BCUT2D eigenvalue weighted by atomic mass is 19.1. The van der Waals surface area contributed by atoms with Crippen LogP contribution in [-0.2, 0) is 0 Å². The van der Waals surface area contributed by atoms with Gasteiger partial charge in [-0.2, -0.15) is 0 Å². The molecule has 0 spiro atoms. The summed E-state index contributed by atoms with van der Waals surface area (Å²) in [4.78, 5) is 23.7. The van der Waals surface area contributed by atoms with Crippen LogP contribution in [-0.4, -0.2) is 28.7 Å². The number of anilines is 1. The first kappa shape index (κ1) is 14.2. The van der Waals surface area contributed by atoms with Gasteiger partial charge < -0.3 is 14.7 Å². The summed E-state index contributed by atoms with van der Waals surface area (Å²) in [5.41, 5.74) is 3.14. The molecule has 0 amide bonds. The highest BCUT2D eigenvalue weighted by molar-refractivity contribution is 5.93. The van der Waals surface area contributed by atoms with Gasteiger partial charge >= 0.3 is 5.97 Å². The minimum Gasteiger partial charge on any atom is -0.477 e. The first-order chi connectivity index (χ1) is 11.1. The van der Waals surface area contributed by atoms with E-state index in [9.17, 15) is 19.1 Å². The lowest BCUT2D eigenvalue weighted by molar-refractivity contribution is 0.0695. The van der Waals surface area contributed by atoms with Gasteiger partial charge in [0.25, 0.3) is 0 Å². The molecule has 6 nitrogen and oxygen atoms in total. The summed E-state index contributed by atoms with van der Waals surface area (Å²) in [5, 5.41) is 11.1. The molecule has 4 rings (SSSR count). The van der Waals surface area contributed by atoms with Crippen LogP contribution in [0.25, 0.3) is 10.9 Å². The molecule has 0 radical (unpaired) electrons. The fraction of sp³-hybridized carbons (Fsp3) is 0.375. The van der Waals surface area contributed by atoms with E-state index >= 15 is 0 Å². The number of hydrazine groups is 1. The zero-order chi connectivity index (χ0) is 16.1. The normalized spacial score (nSPS) is 17.9. The number of hydrogen-bond acceptors (Lipinski definition) is 4. The number of carbonyl (C=O) groups is 1. The van der Waals surface area contributed by atoms with Gasteiger partial charge in [-0.25, -0.2) is 14.6 Å². The number of aromatic nitrogens is 1. The van der Waals surface area contributed by atoms with E-state index < -0.39 is 17.2 Å². The second-order valence-corrected chi connectivity index (χ2v) is 6.05. The van der Waals surface area contributed by atoms with Gasteiger partial charge in [0, 0.05) is 30.7 Å². The number of aromatic carboxylic acids is 1. The van der Waals surface area contributed by atoms with Crippen molar-refractivity contribution in [2.24, 2.45) is 0 Å². The van der Waals surface area contributed by atoms with Crippen molar-refractivity contribution in [2.45, 2.75) is 25.3 Å². The third-order valence-corrected chi connectivity index (χ3v) is 4.42. The minimum atomic E-state index is -1.28. The standard InChI is InChI=1S/C16H16FN3O3/c17-12-6-10-13(7-14(12)20-5-1-4-18-20)19(9-2-3-9)8-11(15(10)21)16(22)23/h6-9,18H,1-5H2,(H,22,23). The van der Waals surface area contributed by atoms with Gasteiger partial charge in [0.2, 0.25) is 5.43 Å². The smallest absolute Gasteiger partial charge is 0.341 e. The van der Waals surface area contributed by atoms with Crippen molar-refractivity contribution < 1.29 is 14.3 Å². The van der Waals surface area contributed by atoms with E-state index in [0.29, 0.717) is 17.7 Å². The SMILES string of the molecule is O=C(O)c1cn(C2CC2)c2cc(N3CCCN3)c(F)cc2c1=O. The second-order valence-electron chi connectivity index (χ2n) is 6.05. The molecule has 2 aliphatic rings. The fourth-order valence-corrected chi connectivity index (χ4v) is 3.11.